The van der Waals surface area contributed by atoms with Gasteiger partial charge in [0.15, 0.2) is 0 Å². The fourth-order valence-electron chi connectivity index (χ4n) is 2.48. The average molecular weight is 281 g/mol. The Kier molecular flexibility index (Phi) is 4.73. The smallest absolute Gasteiger partial charge is 0.226 e. The van der Waals surface area contributed by atoms with E-state index >= 15 is 0 Å². The van der Waals surface area contributed by atoms with E-state index in [1.165, 1.54) is 24.1 Å². The van der Waals surface area contributed by atoms with E-state index in [2.05, 4.69) is 0 Å². The number of ether oxygens (including phenoxy) is 1. The molecule has 2 rings (SSSR count). The second-order valence-electron chi connectivity index (χ2n) is 5.33. The molecule has 0 spiro atoms. The largest absolute Gasteiger partial charge is 0.389 e. The fourth-order valence-corrected chi connectivity index (χ4v) is 2.48. The number of nitrogens with zero attached hydrogens (tertiary/aromatic N) is 1. The van der Waals surface area contributed by atoms with Crippen LogP contribution in [0.25, 0.3) is 0 Å². The maximum atomic E-state index is 12.9. The van der Waals surface area contributed by atoms with Crippen molar-refractivity contribution in [3.63, 3.8) is 0 Å². The Hall–Kier alpha value is -1.46. The highest BCUT2D eigenvalue weighted by Crippen LogP contribution is 2.48. The van der Waals surface area contributed by atoms with Gasteiger partial charge in [-0.25, -0.2) is 4.39 Å². The Bertz CT molecular complexity index is 463. The van der Waals surface area contributed by atoms with Crippen LogP contribution < -0.4 is 0 Å². The molecule has 1 aromatic carbocycles. The number of halogens is 1. The van der Waals surface area contributed by atoms with Gasteiger partial charge in [-0.15, -0.1) is 0 Å². The van der Waals surface area contributed by atoms with E-state index < -0.39 is 6.10 Å². The Balaban J connectivity index is 1.87. The lowest BCUT2D eigenvalue weighted by Crippen LogP contribution is -2.37. The van der Waals surface area contributed by atoms with Crippen molar-refractivity contribution >= 4 is 5.91 Å². The van der Waals surface area contributed by atoms with Gasteiger partial charge in [0, 0.05) is 26.6 Å². The van der Waals surface area contributed by atoms with Crippen LogP contribution in [-0.2, 0) is 9.53 Å². The van der Waals surface area contributed by atoms with Gasteiger partial charge in [-0.3, -0.25) is 4.79 Å². The quantitative estimate of drug-likeness (QED) is 0.857. The molecule has 0 unspecified atom stereocenters. The summed E-state index contributed by atoms with van der Waals surface area (Å²) in [6.45, 7) is 0.475. The molecule has 1 aliphatic carbocycles. The fraction of sp³-hybridized carbons (Fsp3) is 0.533. The Morgan fingerprint density at radius 2 is 2.15 bits per heavy atom. The molecule has 0 saturated heterocycles. The maximum absolute atomic E-state index is 12.9. The number of carbonyl (C=O) groups is 1. The molecular formula is C15H20FNO3. The van der Waals surface area contributed by atoms with Gasteiger partial charge in [0.1, 0.15) is 5.82 Å². The number of likely N-dealkylation sites (N-methyl/N-ethyl adjacent to an activating group) is 1. The normalized spacial score (nSPS) is 22.4. The molecule has 1 amide bonds. The minimum atomic E-state index is -0.669. The molecule has 1 aromatic rings. The number of hydrogen-bond acceptors (Lipinski definition) is 3. The van der Waals surface area contributed by atoms with Crippen LogP contribution in [0.2, 0.25) is 0 Å². The van der Waals surface area contributed by atoms with E-state index in [4.69, 9.17) is 4.74 Å². The SMILES string of the molecule is COC[C@H](O)CN(C)C(=O)[C@@H]1C[C@H]1c1ccc(F)cc1. The van der Waals surface area contributed by atoms with Crippen LogP contribution in [-0.4, -0.2) is 49.3 Å². The summed E-state index contributed by atoms with van der Waals surface area (Å²) in [6.07, 6.45) is 0.117. The third-order valence-electron chi connectivity index (χ3n) is 3.63. The third-order valence-corrected chi connectivity index (χ3v) is 3.63. The summed E-state index contributed by atoms with van der Waals surface area (Å²) in [5.41, 5.74) is 0.996. The molecule has 5 heteroatoms. The number of aliphatic hydroxyl groups excluding tert-OH is 1. The topological polar surface area (TPSA) is 49.8 Å². The second kappa shape index (κ2) is 6.33. The monoisotopic (exact) mass is 281 g/mol. The van der Waals surface area contributed by atoms with Gasteiger partial charge in [-0.05, 0) is 30.0 Å². The number of hydrogen-bond donors (Lipinski definition) is 1. The van der Waals surface area contributed by atoms with Crippen molar-refractivity contribution in [3.05, 3.63) is 35.6 Å². The van der Waals surface area contributed by atoms with E-state index in [1.54, 1.807) is 19.2 Å². The summed E-state index contributed by atoms with van der Waals surface area (Å²) in [4.78, 5) is 13.7. The van der Waals surface area contributed by atoms with Gasteiger partial charge < -0.3 is 14.7 Å². The minimum Gasteiger partial charge on any atom is -0.389 e. The van der Waals surface area contributed by atoms with Gasteiger partial charge in [0.2, 0.25) is 5.91 Å². The standard InChI is InChI=1S/C15H20FNO3/c1-17(8-12(18)9-20-2)15(19)14-7-13(14)10-3-5-11(16)6-4-10/h3-6,12-14,18H,7-9H2,1-2H3/t12-,13+,14-/m1/s1. The van der Waals surface area contributed by atoms with Gasteiger partial charge in [-0.2, -0.15) is 0 Å². The van der Waals surface area contributed by atoms with Crippen LogP contribution in [0.3, 0.4) is 0 Å². The number of amides is 1. The molecule has 1 saturated carbocycles. The summed E-state index contributed by atoms with van der Waals surface area (Å²) in [7, 11) is 3.19. The molecule has 1 aliphatic rings. The lowest BCUT2D eigenvalue weighted by molar-refractivity contribution is -0.133. The summed E-state index contributed by atoms with van der Waals surface area (Å²) < 4.78 is 17.7. The molecule has 0 heterocycles. The molecule has 0 aromatic heterocycles. The number of methoxy groups -OCH3 is 1. The van der Waals surface area contributed by atoms with E-state index in [0.29, 0.717) is 0 Å². The molecular weight excluding hydrogens is 261 g/mol. The first-order chi connectivity index (χ1) is 9.52. The average Bonchev–Trinajstić information content (AvgIpc) is 3.19. The molecule has 20 heavy (non-hydrogen) atoms. The van der Waals surface area contributed by atoms with Crippen LogP contribution in [0.1, 0.15) is 17.9 Å². The summed E-state index contributed by atoms with van der Waals surface area (Å²) in [6, 6.07) is 6.29. The van der Waals surface area contributed by atoms with Crippen LogP contribution in [0.4, 0.5) is 4.39 Å². The van der Waals surface area contributed by atoms with Crippen LogP contribution in [0, 0.1) is 11.7 Å². The van der Waals surface area contributed by atoms with Crippen LogP contribution in [0.15, 0.2) is 24.3 Å². The van der Waals surface area contributed by atoms with E-state index in [0.717, 1.165) is 12.0 Å². The summed E-state index contributed by atoms with van der Waals surface area (Å²) >= 11 is 0. The number of carbonyl (C=O) groups excluding carboxylic acids is 1. The van der Waals surface area contributed by atoms with Gasteiger partial charge in [0.25, 0.3) is 0 Å². The number of benzene rings is 1. The van der Waals surface area contributed by atoms with E-state index in [9.17, 15) is 14.3 Å². The number of aliphatic hydroxyl groups is 1. The number of rotatable bonds is 6. The molecule has 1 N–H and O–H groups in total. The molecule has 110 valence electrons. The lowest BCUT2D eigenvalue weighted by Gasteiger charge is -2.20. The third kappa shape index (κ3) is 3.55. The Morgan fingerprint density at radius 3 is 2.75 bits per heavy atom. The zero-order valence-corrected chi connectivity index (χ0v) is 11.8. The lowest BCUT2D eigenvalue weighted by atomic mass is 10.1. The minimum absolute atomic E-state index is 0.0227. The van der Waals surface area contributed by atoms with Crippen LogP contribution >= 0.6 is 0 Å². The first-order valence-corrected chi connectivity index (χ1v) is 6.70. The molecule has 0 bridgehead atoms. The van der Waals surface area contributed by atoms with E-state index in [-0.39, 0.29) is 36.7 Å². The van der Waals surface area contributed by atoms with Crippen LogP contribution in [0.5, 0.6) is 0 Å². The molecule has 4 nitrogen and oxygen atoms in total. The molecule has 1 fully saturated rings. The zero-order chi connectivity index (χ0) is 14.7. The van der Waals surface area contributed by atoms with E-state index in [1.807, 2.05) is 0 Å². The maximum Gasteiger partial charge on any atom is 0.226 e. The first-order valence-electron chi connectivity index (χ1n) is 6.70. The van der Waals surface area contributed by atoms with Crippen molar-refractivity contribution in [2.24, 2.45) is 5.92 Å². The van der Waals surface area contributed by atoms with Crippen molar-refractivity contribution < 1.29 is 19.0 Å². The Morgan fingerprint density at radius 1 is 1.50 bits per heavy atom. The zero-order valence-electron chi connectivity index (χ0n) is 11.8. The van der Waals surface area contributed by atoms with Crippen molar-refractivity contribution in [3.8, 4) is 0 Å². The van der Waals surface area contributed by atoms with Crippen molar-refractivity contribution in [1.29, 1.82) is 0 Å². The van der Waals surface area contributed by atoms with Crippen molar-refractivity contribution in [2.45, 2.75) is 18.4 Å². The Labute approximate surface area is 118 Å². The molecule has 0 radical (unpaired) electrons. The highest BCUT2D eigenvalue weighted by molar-refractivity contribution is 5.82. The van der Waals surface area contributed by atoms with Gasteiger partial charge in [-0.1, -0.05) is 12.1 Å². The highest BCUT2D eigenvalue weighted by atomic mass is 19.1. The molecule has 3 atom stereocenters. The van der Waals surface area contributed by atoms with Crippen molar-refractivity contribution in [1.82, 2.24) is 4.90 Å². The second-order valence-corrected chi connectivity index (χ2v) is 5.33. The molecule has 0 aliphatic heterocycles. The highest BCUT2D eigenvalue weighted by Gasteiger charge is 2.45. The van der Waals surface area contributed by atoms with Gasteiger partial charge >= 0.3 is 0 Å². The first kappa shape index (κ1) is 14.9. The summed E-state index contributed by atoms with van der Waals surface area (Å²) in [5.74, 6) is -0.128. The summed E-state index contributed by atoms with van der Waals surface area (Å²) in [5, 5.41) is 9.62. The predicted octanol–water partition coefficient (Wildman–Crippen LogP) is 1.39. The van der Waals surface area contributed by atoms with Crippen molar-refractivity contribution in [2.75, 3.05) is 27.3 Å². The van der Waals surface area contributed by atoms with Gasteiger partial charge in [0.05, 0.1) is 12.7 Å². The predicted molar refractivity (Wildman–Crippen MR) is 72.8 cm³/mol.